The molecule has 8 nitrogen and oxygen atoms in total. The van der Waals surface area contributed by atoms with Crippen molar-refractivity contribution in [2.75, 3.05) is 20.8 Å². The molecule has 1 amide bonds. The van der Waals surface area contributed by atoms with Crippen molar-refractivity contribution < 1.29 is 24.2 Å². The van der Waals surface area contributed by atoms with Gasteiger partial charge in [0.25, 0.3) is 0 Å². The van der Waals surface area contributed by atoms with Crippen LogP contribution in [-0.2, 0) is 33.8 Å². The summed E-state index contributed by atoms with van der Waals surface area (Å²) in [5.74, 6) is 0.432. The lowest BCUT2D eigenvalue weighted by Gasteiger charge is -2.37. The molecule has 1 N–H and O–H groups in total. The van der Waals surface area contributed by atoms with Crippen LogP contribution < -0.4 is 0 Å². The predicted octanol–water partition coefficient (Wildman–Crippen LogP) is 5.50. The lowest BCUT2D eigenvalue weighted by Crippen LogP contribution is -2.35. The van der Waals surface area contributed by atoms with Crippen LogP contribution >= 0.6 is 0 Å². The van der Waals surface area contributed by atoms with E-state index in [4.69, 9.17) is 14.5 Å². The molecule has 3 aliphatic rings. The Hall–Kier alpha value is -2.61. The summed E-state index contributed by atoms with van der Waals surface area (Å²) < 4.78 is 13.0. The van der Waals surface area contributed by atoms with Gasteiger partial charge in [-0.3, -0.25) is 4.79 Å². The number of carbonyl (C=O) groups excluding carboxylic acids is 1. The number of hydrogen-bond acceptors (Lipinski definition) is 5. The second-order valence-corrected chi connectivity index (χ2v) is 11.7. The number of carbonyl (C=O) groups is 2. The lowest BCUT2D eigenvalue weighted by molar-refractivity contribution is -0.142. The van der Waals surface area contributed by atoms with Crippen LogP contribution in [0.15, 0.2) is 12.1 Å². The maximum Gasteiger partial charge on any atom is 0.409 e. The van der Waals surface area contributed by atoms with Crippen LogP contribution in [0.1, 0.15) is 87.6 Å². The minimum Gasteiger partial charge on any atom is -0.481 e. The minimum absolute atomic E-state index is 0.245. The summed E-state index contributed by atoms with van der Waals surface area (Å²) in [6.07, 6.45) is 9.62. The largest absolute Gasteiger partial charge is 0.481 e. The zero-order valence-corrected chi connectivity index (χ0v) is 22.5. The summed E-state index contributed by atoms with van der Waals surface area (Å²) in [5.41, 5.74) is 4.79. The molecule has 2 fully saturated rings. The molecule has 2 heterocycles. The van der Waals surface area contributed by atoms with Gasteiger partial charge in [0, 0.05) is 31.7 Å². The summed E-state index contributed by atoms with van der Waals surface area (Å²) in [4.78, 5) is 30.9. The van der Waals surface area contributed by atoms with Gasteiger partial charge in [-0.25, -0.2) is 9.78 Å². The Kier molecular flexibility index (Phi) is 7.48. The first-order chi connectivity index (χ1) is 17.8. The highest BCUT2D eigenvalue weighted by Crippen LogP contribution is 2.42. The average molecular weight is 512 g/mol. The third kappa shape index (κ3) is 5.22. The summed E-state index contributed by atoms with van der Waals surface area (Å²) in [7, 11) is 3.25. The highest BCUT2D eigenvalue weighted by Gasteiger charge is 2.34. The van der Waals surface area contributed by atoms with E-state index in [0.29, 0.717) is 32.0 Å². The van der Waals surface area contributed by atoms with Gasteiger partial charge in [-0.05, 0) is 81.3 Å². The molecule has 37 heavy (non-hydrogen) atoms. The van der Waals surface area contributed by atoms with Crippen LogP contribution in [0.25, 0.3) is 11.0 Å². The van der Waals surface area contributed by atoms with Gasteiger partial charge in [0.15, 0.2) is 0 Å². The van der Waals surface area contributed by atoms with Gasteiger partial charge >= 0.3 is 12.1 Å². The van der Waals surface area contributed by atoms with Crippen LogP contribution in [0.2, 0.25) is 0 Å². The van der Waals surface area contributed by atoms with E-state index in [2.05, 4.69) is 23.6 Å². The molecule has 0 spiro atoms. The first-order valence-corrected chi connectivity index (χ1v) is 13.9. The van der Waals surface area contributed by atoms with E-state index in [1.807, 2.05) is 7.11 Å². The predicted molar refractivity (Wildman–Crippen MR) is 141 cm³/mol. The van der Waals surface area contributed by atoms with Gasteiger partial charge in [-0.15, -0.1) is 0 Å². The van der Waals surface area contributed by atoms with Crippen molar-refractivity contribution in [1.82, 2.24) is 14.5 Å². The van der Waals surface area contributed by atoms with E-state index in [1.165, 1.54) is 25.5 Å². The number of methoxy groups -OCH3 is 2. The number of rotatable bonds is 6. The molecule has 2 saturated carbocycles. The van der Waals surface area contributed by atoms with Crippen molar-refractivity contribution in [2.24, 2.45) is 11.3 Å². The molecule has 0 unspecified atom stereocenters. The second-order valence-electron chi connectivity index (χ2n) is 11.7. The van der Waals surface area contributed by atoms with Crippen molar-refractivity contribution in [3.05, 3.63) is 29.1 Å². The van der Waals surface area contributed by atoms with E-state index in [9.17, 15) is 14.7 Å². The van der Waals surface area contributed by atoms with E-state index in [0.717, 1.165) is 67.5 Å². The lowest BCUT2D eigenvalue weighted by atomic mass is 9.72. The van der Waals surface area contributed by atoms with Crippen LogP contribution in [0.3, 0.4) is 0 Å². The zero-order valence-electron chi connectivity index (χ0n) is 22.5. The van der Waals surface area contributed by atoms with Crippen molar-refractivity contribution in [3.63, 3.8) is 0 Å². The summed E-state index contributed by atoms with van der Waals surface area (Å²) in [5, 5.41) is 9.51. The number of nitrogens with zero attached hydrogens (tertiary/aromatic N) is 3. The topological polar surface area (TPSA) is 93.9 Å². The van der Waals surface area contributed by atoms with E-state index < -0.39 is 5.97 Å². The highest BCUT2D eigenvalue weighted by atomic mass is 16.5. The van der Waals surface area contributed by atoms with Crippen LogP contribution in [0.5, 0.6) is 0 Å². The summed E-state index contributed by atoms with van der Waals surface area (Å²) in [6.45, 7) is 4.47. The molecule has 1 aliphatic heterocycles. The van der Waals surface area contributed by atoms with E-state index in [-0.39, 0.29) is 23.3 Å². The average Bonchev–Trinajstić information content (AvgIpc) is 3.31. The molecular weight excluding hydrogens is 470 g/mol. The minimum atomic E-state index is -0.677. The van der Waals surface area contributed by atoms with E-state index in [1.54, 1.807) is 4.90 Å². The Morgan fingerprint density at radius 3 is 2.49 bits per heavy atom. The number of hydrogen-bond donors (Lipinski definition) is 1. The van der Waals surface area contributed by atoms with Crippen molar-refractivity contribution in [2.45, 2.75) is 96.2 Å². The fraction of sp³-hybridized carbons (Fsp3) is 0.690. The molecule has 8 heteroatoms. The first kappa shape index (κ1) is 26.0. The van der Waals surface area contributed by atoms with Gasteiger partial charge in [0.2, 0.25) is 0 Å². The molecule has 0 atom stereocenters. The number of carboxylic acids is 1. The van der Waals surface area contributed by atoms with E-state index >= 15 is 0 Å². The Morgan fingerprint density at radius 1 is 1.11 bits per heavy atom. The van der Waals surface area contributed by atoms with Crippen molar-refractivity contribution in [1.29, 1.82) is 0 Å². The highest BCUT2D eigenvalue weighted by molar-refractivity contribution is 5.82. The Labute approximate surface area is 219 Å². The Morgan fingerprint density at radius 2 is 1.84 bits per heavy atom. The Bertz CT molecular complexity index is 1140. The number of fused-ring (bicyclic) bond motifs is 3. The van der Waals surface area contributed by atoms with Crippen molar-refractivity contribution in [3.8, 4) is 0 Å². The summed E-state index contributed by atoms with van der Waals surface area (Å²) in [6, 6.07) is 4.42. The number of aryl methyl sites for hydroxylation is 1. The molecule has 202 valence electrons. The second kappa shape index (κ2) is 10.6. The van der Waals surface area contributed by atoms with Gasteiger partial charge in [-0.1, -0.05) is 13.0 Å². The normalized spacial score (nSPS) is 28.2. The molecule has 5 rings (SSSR count). The number of benzene rings is 1. The maximum absolute atomic E-state index is 12.3. The molecule has 1 aromatic carbocycles. The van der Waals surface area contributed by atoms with Gasteiger partial charge in [0.1, 0.15) is 5.82 Å². The summed E-state index contributed by atoms with van der Waals surface area (Å²) >= 11 is 0. The number of aromatic nitrogens is 2. The van der Waals surface area contributed by atoms with Crippen LogP contribution in [-0.4, -0.2) is 58.5 Å². The molecule has 1 aromatic heterocycles. The molecule has 0 saturated heterocycles. The SMILES string of the molecule is COC(=O)N1CCc2ccc3c(nc(C4CCC(C(=O)O)CC4)n3CCC3(C)CCC(OC)CC3)c2C1. The fourth-order valence-corrected chi connectivity index (χ4v) is 6.83. The molecule has 0 bridgehead atoms. The Balaban J connectivity index is 1.47. The van der Waals surface area contributed by atoms with Gasteiger partial charge in [-0.2, -0.15) is 0 Å². The quantitative estimate of drug-likeness (QED) is 0.550. The standard InChI is InChI=1S/C29H41N3O5/c1-29(13-10-22(36-2)11-14-29)15-17-32-24-9-8-19-12-16-31(28(35)37-3)18-23(19)25(24)30-26(32)20-4-6-21(7-5-20)27(33)34/h8-9,20-22H,4-7,10-18H2,1-3H3,(H,33,34). The number of imidazole rings is 1. The van der Waals surface area contributed by atoms with Crippen LogP contribution in [0, 0.1) is 11.3 Å². The smallest absolute Gasteiger partial charge is 0.409 e. The number of carboxylic acid groups (broad SMARTS) is 1. The van der Waals surface area contributed by atoms with Crippen molar-refractivity contribution >= 4 is 23.1 Å². The number of amides is 1. The van der Waals surface area contributed by atoms with Crippen LogP contribution in [0.4, 0.5) is 4.79 Å². The molecular formula is C29H41N3O5. The molecule has 0 radical (unpaired) electrons. The van der Waals surface area contributed by atoms with Gasteiger partial charge in [0.05, 0.1) is 36.7 Å². The third-order valence-electron chi connectivity index (χ3n) is 9.44. The maximum atomic E-state index is 12.3. The first-order valence-electron chi connectivity index (χ1n) is 13.9. The monoisotopic (exact) mass is 511 g/mol. The third-order valence-corrected chi connectivity index (χ3v) is 9.44. The number of ether oxygens (including phenoxy) is 2. The molecule has 2 aromatic rings. The molecule has 2 aliphatic carbocycles. The fourth-order valence-electron chi connectivity index (χ4n) is 6.83. The zero-order chi connectivity index (χ0) is 26.2. The number of aliphatic carboxylic acids is 1. The van der Waals surface area contributed by atoms with Gasteiger partial charge < -0.3 is 24.0 Å².